The standard InChI is InChI=1S/C18H25N5O4/c19-17(24)12-21-9-5-14(6-10-21)20-18(25)13-3-4-15(16(11-13)23(26)27)22-7-1-2-8-22/h3-4,11,14H,1-2,5-10,12H2,(H2,19,24)(H,20,25). The second kappa shape index (κ2) is 8.34. The maximum Gasteiger partial charge on any atom is 0.293 e. The number of benzene rings is 1. The van der Waals surface area contributed by atoms with Crippen molar-refractivity contribution in [3.8, 4) is 0 Å². The maximum atomic E-state index is 12.5. The minimum atomic E-state index is -0.424. The summed E-state index contributed by atoms with van der Waals surface area (Å²) in [7, 11) is 0. The van der Waals surface area contributed by atoms with Crippen LogP contribution in [0, 0.1) is 10.1 Å². The zero-order valence-electron chi connectivity index (χ0n) is 15.2. The van der Waals surface area contributed by atoms with Crippen molar-refractivity contribution < 1.29 is 14.5 Å². The molecule has 3 N–H and O–H groups in total. The number of hydrogen-bond acceptors (Lipinski definition) is 6. The number of likely N-dealkylation sites (tertiary alicyclic amines) is 1. The summed E-state index contributed by atoms with van der Waals surface area (Å²) < 4.78 is 0. The number of primary amides is 1. The molecule has 9 heteroatoms. The lowest BCUT2D eigenvalue weighted by Crippen LogP contribution is -2.46. The molecule has 2 aliphatic heterocycles. The highest BCUT2D eigenvalue weighted by Crippen LogP contribution is 2.31. The third kappa shape index (κ3) is 4.73. The van der Waals surface area contributed by atoms with E-state index in [1.807, 2.05) is 9.80 Å². The number of nitrogens with zero attached hydrogens (tertiary/aromatic N) is 3. The Balaban J connectivity index is 1.64. The number of carbonyl (C=O) groups excluding carboxylic acids is 2. The molecule has 0 spiro atoms. The number of piperidine rings is 1. The van der Waals surface area contributed by atoms with Crippen LogP contribution >= 0.6 is 0 Å². The molecule has 2 fully saturated rings. The Bertz CT molecular complexity index is 724. The van der Waals surface area contributed by atoms with Crippen molar-refractivity contribution in [2.75, 3.05) is 37.6 Å². The van der Waals surface area contributed by atoms with Crippen molar-refractivity contribution >= 4 is 23.2 Å². The van der Waals surface area contributed by atoms with Gasteiger partial charge in [0, 0.05) is 43.9 Å². The van der Waals surface area contributed by atoms with Gasteiger partial charge in [0.1, 0.15) is 5.69 Å². The molecule has 2 saturated heterocycles. The number of rotatable bonds is 6. The quantitative estimate of drug-likeness (QED) is 0.562. The number of nitrogens with two attached hydrogens (primary N) is 1. The second-order valence-corrected chi connectivity index (χ2v) is 7.14. The average molecular weight is 375 g/mol. The number of hydrogen-bond donors (Lipinski definition) is 2. The third-order valence-corrected chi connectivity index (χ3v) is 5.18. The summed E-state index contributed by atoms with van der Waals surface area (Å²) >= 11 is 0. The van der Waals surface area contributed by atoms with Crippen LogP contribution in [0.3, 0.4) is 0 Å². The fraction of sp³-hybridized carbons (Fsp3) is 0.556. The summed E-state index contributed by atoms with van der Waals surface area (Å²) in [5, 5.41) is 14.4. The van der Waals surface area contributed by atoms with Gasteiger partial charge in [0.2, 0.25) is 5.91 Å². The van der Waals surface area contributed by atoms with Crippen LogP contribution in [0.2, 0.25) is 0 Å². The molecule has 146 valence electrons. The summed E-state index contributed by atoms with van der Waals surface area (Å²) in [6.07, 6.45) is 3.47. The molecular weight excluding hydrogens is 350 g/mol. The van der Waals surface area contributed by atoms with Gasteiger partial charge in [-0.25, -0.2) is 0 Å². The molecule has 0 bridgehead atoms. The van der Waals surface area contributed by atoms with Gasteiger partial charge in [-0.1, -0.05) is 0 Å². The van der Waals surface area contributed by atoms with Crippen molar-refractivity contribution in [3.63, 3.8) is 0 Å². The first kappa shape index (κ1) is 19.1. The minimum absolute atomic E-state index is 0.0149. The molecule has 2 aliphatic rings. The first-order valence-corrected chi connectivity index (χ1v) is 9.29. The second-order valence-electron chi connectivity index (χ2n) is 7.14. The van der Waals surface area contributed by atoms with Crippen LogP contribution in [0.5, 0.6) is 0 Å². The first-order chi connectivity index (χ1) is 12.9. The number of nitro groups is 1. The van der Waals surface area contributed by atoms with Crippen LogP contribution in [-0.4, -0.2) is 60.4 Å². The SMILES string of the molecule is NC(=O)CN1CCC(NC(=O)c2ccc(N3CCCC3)c([N+](=O)[O-])c2)CC1. The molecule has 0 atom stereocenters. The summed E-state index contributed by atoms with van der Waals surface area (Å²) in [6, 6.07) is 4.68. The largest absolute Gasteiger partial charge is 0.369 e. The molecule has 9 nitrogen and oxygen atoms in total. The topological polar surface area (TPSA) is 122 Å². The lowest BCUT2D eigenvalue weighted by molar-refractivity contribution is -0.384. The van der Waals surface area contributed by atoms with E-state index in [4.69, 9.17) is 5.73 Å². The molecule has 0 saturated carbocycles. The number of anilines is 1. The van der Waals surface area contributed by atoms with Crippen LogP contribution in [0.15, 0.2) is 18.2 Å². The van der Waals surface area contributed by atoms with Gasteiger partial charge in [-0.15, -0.1) is 0 Å². The molecule has 3 rings (SSSR count). The van der Waals surface area contributed by atoms with Crippen LogP contribution in [0.25, 0.3) is 0 Å². The number of carbonyl (C=O) groups is 2. The predicted molar refractivity (Wildman–Crippen MR) is 101 cm³/mol. The monoisotopic (exact) mass is 375 g/mol. The van der Waals surface area contributed by atoms with Crippen molar-refractivity contribution in [1.29, 1.82) is 0 Å². The maximum absolute atomic E-state index is 12.5. The summed E-state index contributed by atoms with van der Waals surface area (Å²) in [6.45, 7) is 3.20. The van der Waals surface area contributed by atoms with Gasteiger partial charge in [-0.2, -0.15) is 0 Å². The van der Waals surface area contributed by atoms with Gasteiger partial charge < -0.3 is 16.0 Å². The number of nitrogens with one attached hydrogen (secondary N) is 1. The van der Waals surface area contributed by atoms with Crippen LogP contribution in [-0.2, 0) is 4.79 Å². The highest BCUT2D eigenvalue weighted by atomic mass is 16.6. The predicted octanol–water partition coefficient (Wildman–Crippen LogP) is 0.874. The molecule has 0 unspecified atom stereocenters. The van der Waals surface area contributed by atoms with Gasteiger partial charge in [0.15, 0.2) is 0 Å². The van der Waals surface area contributed by atoms with E-state index in [0.29, 0.717) is 37.2 Å². The van der Waals surface area contributed by atoms with Crippen molar-refractivity contribution in [2.45, 2.75) is 31.7 Å². The molecule has 0 aliphatic carbocycles. The molecule has 1 aromatic carbocycles. The van der Waals surface area contributed by atoms with Gasteiger partial charge in [0.25, 0.3) is 11.6 Å². The normalized spacial score (nSPS) is 18.4. The highest BCUT2D eigenvalue weighted by molar-refractivity contribution is 5.96. The summed E-state index contributed by atoms with van der Waals surface area (Å²) in [4.78, 5) is 38.5. The Morgan fingerprint density at radius 2 is 1.85 bits per heavy atom. The van der Waals surface area contributed by atoms with Crippen molar-refractivity contribution in [3.05, 3.63) is 33.9 Å². The fourth-order valence-corrected chi connectivity index (χ4v) is 3.76. The van der Waals surface area contributed by atoms with E-state index < -0.39 is 4.92 Å². The van der Waals surface area contributed by atoms with Gasteiger partial charge in [-0.3, -0.25) is 24.6 Å². The Morgan fingerprint density at radius 1 is 1.19 bits per heavy atom. The van der Waals surface area contributed by atoms with Gasteiger partial charge in [-0.05, 0) is 37.8 Å². The fourth-order valence-electron chi connectivity index (χ4n) is 3.76. The summed E-state index contributed by atoms with van der Waals surface area (Å²) in [5.74, 6) is -0.665. The lowest BCUT2D eigenvalue weighted by Gasteiger charge is -2.31. The van der Waals surface area contributed by atoms with E-state index in [1.54, 1.807) is 12.1 Å². The van der Waals surface area contributed by atoms with E-state index in [1.165, 1.54) is 6.07 Å². The summed E-state index contributed by atoms with van der Waals surface area (Å²) in [5.41, 5.74) is 6.05. The van der Waals surface area contributed by atoms with E-state index in [0.717, 1.165) is 25.9 Å². The highest BCUT2D eigenvalue weighted by Gasteiger charge is 2.26. The zero-order valence-corrected chi connectivity index (χ0v) is 15.2. The Labute approximate surface area is 157 Å². The molecule has 2 heterocycles. The van der Waals surface area contributed by atoms with Crippen LogP contribution < -0.4 is 16.0 Å². The lowest BCUT2D eigenvalue weighted by atomic mass is 10.0. The van der Waals surface area contributed by atoms with Crippen molar-refractivity contribution in [2.24, 2.45) is 5.73 Å². The van der Waals surface area contributed by atoms with Crippen LogP contribution in [0.4, 0.5) is 11.4 Å². The number of amides is 2. The Hall–Kier alpha value is -2.68. The Morgan fingerprint density at radius 3 is 2.44 bits per heavy atom. The molecule has 27 heavy (non-hydrogen) atoms. The third-order valence-electron chi connectivity index (χ3n) is 5.18. The number of nitro benzene ring substituents is 1. The van der Waals surface area contributed by atoms with E-state index in [-0.39, 0.29) is 30.1 Å². The van der Waals surface area contributed by atoms with E-state index in [9.17, 15) is 19.7 Å². The van der Waals surface area contributed by atoms with Crippen molar-refractivity contribution in [1.82, 2.24) is 10.2 Å². The smallest absolute Gasteiger partial charge is 0.293 e. The first-order valence-electron chi connectivity index (χ1n) is 9.29. The minimum Gasteiger partial charge on any atom is -0.369 e. The molecule has 0 aromatic heterocycles. The molecule has 1 aromatic rings. The average Bonchev–Trinajstić information content (AvgIpc) is 3.17. The zero-order chi connectivity index (χ0) is 19.4. The van der Waals surface area contributed by atoms with Gasteiger partial charge in [0.05, 0.1) is 11.5 Å². The molecule has 2 amide bonds. The Kier molecular flexibility index (Phi) is 5.90. The molecular formula is C18H25N5O4. The molecule has 0 radical (unpaired) electrons. The van der Waals surface area contributed by atoms with E-state index in [2.05, 4.69) is 5.32 Å². The van der Waals surface area contributed by atoms with Gasteiger partial charge >= 0.3 is 0 Å². The van der Waals surface area contributed by atoms with Crippen LogP contribution in [0.1, 0.15) is 36.0 Å². The van der Waals surface area contributed by atoms with E-state index >= 15 is 0 Å².